The predicted molar refractivity (Wildman–Crippen MR) is 107 cm³/mol. The van der Waals surface area contributed by atoms with Crippen LogP contribution in [0.3, 0.4) is 0 Å². The number of nitrogens with zero attached hydrogens (tertiary/aromatic N) is 1. The van der Waals surface area contributed by atoms with Crippen LogP contribution in [0, 0.1) is 35.5 Å². The molecule has 0 radical (unpaired) electrons. The molecule has 156 valence electrons. The van der Waals surface area contributed by atoms with Gasteiger partial charge in [-0.2, -0.15) is 0 Å². The van der Waals surface area contributed by atoms with E-state index >= 15 is 0 Å². The smallest absolute Gasteiger partial charge is 0.338 e. The van der Waals surface area contributed by atoms with Crippen molar-refractivity contribution in [2.24, 2.45) is 35.5 Å². The molecule has 1 aliphatic heterocycles. The number of likely N-dealkylation sites (tertiary alicyclic amines) is 1. The maximum atomic E-state index is 12.9. The summed E-state index contributed by atoms with van der Waals surface area (Å²) in [5, 5.41) is 2.75. The zero-order valence-electron chi connectivity index (χ0n) is 16.7. The molecule has 5 aliphatic rings. The Labute approximate surface area is 174 Å². The Kier molecular flexibility index (Phi) is 4.49. The summed E-state index contributed by atoms with van der Waals surface area (Å²) in [6, 6.07) is 6.42. The first-order chi connectivity index (χ1) is 14.5. The van der Waals surface area contributed by atoms with Crippen LogP contribution < -0.4 is 5.32 Å². The number of hydrogen-bond acceptors (Lipinski definition) is 5. The Hall–Kier alpha value is -2.96. The molecule has 1 aromatic rings. The quantitative estimate of drug-likeness (QED) is 0.443. The van der Waals surface area contributed by atoms with E-state index in [2.05, 4.69) is 17.5 Å². The topological polar surface area (TPSA) is 92.8 Å². The SMILES string of the molecule is CCOC(=O)c1ccc(NC(=O)CCN2C(=O)[C@@H]3[C@H]4C=C[C@@H]([C@@H]5C[C@@H]45)[C@H]3C2=O)cc1. The maximum absolute atomic E-state index is 12.9. The number of rotatable bonds is 6. The number of amides is 3. The standard InChI is InChI=1S/C23H24N2O5/c1-2-30-23(29)12-3-5-13(6-4-12)24-18(26)9-10-25-21(27)19-14-7-8-15(17-11-16(14)17)20(19)22(25)28/h3-8,14-17,19-20H,2,9-11H2,1H3,(H,24,26)/t14-,15-,16-,17-,19+,20+/m0/s1. The minimum absolute atomic E-state index is 0.0478. The minimum Gasteiger partial charge on any atom is -0.462 e. The summed E-state index contributed by atoms with van der Waals surface area (Å²) in [6.45, 7) is 2.14. The predicted octanol–water partition coefficient (Wildman–Crippen LogP) is 2.25. The molecule has 6 rings (SSSR count). The van der Waals surface area contributed by atoms with Crippen LogP contribution in [0.15, 0.2) is 36.4 Å². The normalized spacial score (nSPS) is 32.6. The van der Waals surface area contributed by atoms with Gasteiger partial charge in [-0.15, -0.1) is 0 Å². The minimum atomic E-state index is -0.413. The lowest BCUT2D eigenvalue weighted by Gasteiger charge is -2.37. The van der Waals surface area contributed by atoms with E-state index in [1.807, 2.05) is 0 Å². The van der Waals surface area contributed by atoms with Crippen molar-refractivity contribution < 1.29 is 23.9 Å². The summed E-state index contributed by atoms with van der Waals surface area (Å²) < 4.78 is 4.93. The Balaban J connectivity index is 1.18. The first-order valence-electron chi connectivity index (χ1n) is 10.6. The highest BCUT2D eigenvalue weighted by molar-refractivity contribution is 6.06. The fraction of sp³-hybridized carbons (Fsp3) is 0.478. The number of carbonyl (C=O) groups excluding carboxylic acids is 4. The van der Waals surface area contributed by atoms with Crippen molar-refractivity contribution >= 4 is 29.4 Å². The Morgan fingerprint density at radius 2 is 1.63 bits per heavy atom. The zero-order valence-corrected chi connectivity index (χ0v) is 16.7. The highest BCUT2D eigenvalue weighted by atomic mass is 16.5. The van der Waals surface area contributed by atoms with E-state index in [-0.39, 0.29) is 54.4 Å². The van der Waals surface area contributed by atoms with Gasteiger partial charge in [0, 0.05) is 18.7 Å². The van der Waals surface area contributed by atoms with Crippen LogP contribution in [-0.2, 0) is 19.1 Å². The van der Waals surface area contributed by atoms with Crippen LogP contribution in [0.1, 0.15) is 30.1 Å². The molecule has 30 heavy (non-hydrogen) atoms. The number of ether oxygens (including phenoxy) is 1. The molecule has 0 unspecified atom stereocenters. The van der Waals surface area contributed by atoms with Gasteiger partial charge < -0.3 is 10.1 Å². The third-order valence-corrected chi connectivity index (χ3v) is 7.00. The van der Waals surface area contributed by atoms with Crippen molar-refractivity contribution in [3.05, 3.63) is 42.0 Å². The molecule has 6 atom stereocenters. The van der Waals surface area contributed by atoms with Gasteiger partial charge in [0.2, 0.25) is 17.7 Å². The van der Waals surface area contributed by atoms with Crippen LogP contribution in [0.25, 0.3) is 0 Å². The Morgan fingerprint density at radius 1 is 1.03 bits per heavy atom. The zero-order chi connectivity index (χ0) is 21.0. The van der Waals surface area contributed by atoms with Crippen molar-refractivity contribution in [1.29, 1.82) is 0 Å². The van der Waals surface area contributed by atoms with Crippen molar-refractivity contribution in [3.8, 4) is 0 Å². The van der Waals surface area contributed by atoms with E-state index in [0.29, 0.717) is 29.7 Å². The summed E-state index contributed by atoms with van der Waals surface area (Å²) in [5.74, 6) is 0.156. The molecule has 1 saturated heterocycles. The van der Waals surface area contributed by atoms with Gasteiger partial charge >= 0.3 is 5.97 Å². The number of imide groups is 1. The molecular weight excluding hydrogens is 384 g/mol. The lowest BCUT2D eigenvalue weighted by Crippen LogP contribution is -2.40. The number of allylic oxidation sites excluding steroid dienone is 2. The van der Waals surface area contributed by atoms with Gasteiger partial charge in [-0.05, 0) is 61.3 Å². The number of hydrogen-bond donors (Lipinski definition) is 1. The number of carbonyl (C=O) groups is 4. The lowest BCUT2D eigenvalue weighted by atomic mass is 9.63. The third kappa shape index (κ3) is 2.95. The number of benzene rings is 1. The van der Waals surface area contributed by atoms with Crippen LogP contribution in [0.2, 0.25) is 0 Å². The lowest BCUT2D eigenvalue weighted by molar-refractivity contribution is -0.140. The van der Waals surface area contributed by atoms with E-state index in [1.54, 1.807) is 31.2 Å². The first-order valence-corrected chi connectivity index (χ1v) is 10.6. The van der Waals surface area contributed by atoms with E-state index in [1.165, 1.54) is 4.90 Å². The summed E-state index contributed by atoms with van der Waals surface area (Å²) >= 11 is 0. The molecule has 3 amide bonds. The Morgan fingerprint density at radius 3 is 2.20 bits per heavy atom. The molecule has 1 heterocycles. The largest absolute Gasteiger partial charge is 0.462 e. The van der Waals surface area contributed by atoms with E-state index < -0.39 is 5.97 Å². The van der Waals surface area contributed by atoms with Crippen molar-refractivity contribution in [2.45, 2.75) is 19.8 Å². The van der Waals surface area contributed by atoms with Gasteiger partial charge in [0.15, 0.2) is 0 Å². The molecular formula is C23H24N2O5. The van der Waals surface area contributed by atoms with Gasteiger partial charge in [0.05, 0.1) is 24.0 Å². The second-order valence-corrected chi connectivity index (χ2v) is 8.58. The van der Waals surface area contributed by atoms with Gasteiger partial charge in [-0.25, -0.2) is 4.79 Å². The molecule has 2 saturated carbocycles. The van der Waals surface area contributed by atoms with E-state index in [9.17, 15) is 19.2 Å². The maximum Gasteiger partial charge on any atom is 0.338 e. The fourth-order valence-electron chi connectivity index (χ4n) is 5.58. The first kappa shape index (κ1) is 19.0. The number of anilines is 1. The summed E-state index contributed by atoms with van der Waals surface area (Å²) in [5.41, 5.74) is 0.954. The molecule has 1 N–H and O–H groups in total. The number of esters is 1. The molecule has 7 nitrogen and oxygen atoms in total. The van der Waals surface area contributed by atoms with E-state index in [0.717, 1.165) is 6.42 Å². The van der Waals surface area contributed by atoms with Gasteiger partial charge in [0.25, 0.3) is 0 Å². The van der Waals surface area contributed by atoms with Crippen LogP contribution in [-0.4, -0.2) is 41.7 Å². The average molecular weight is 408 g/mol. The van der Waals surface area contributed by atoms with Gasteiger partial charge in [-0.1, -0.05) is 12.2 Å². The second kappa shape index (κ2) is 7.07. The van der Waals surface area contributed by atoms with Crippen LogP contribution >= 0.6 is 0 Å². The summed E-state index contributed by atoms with van der Waals surface area (Å²) in [6.07, 6.45) is 5.46. The highest BCUT2D eigenvalue weighted by Crippen LogP contribution is 2.65. The Bertz CT molecular complexity index is 917. The summed E-state index contributed by atoms with van der Waals surface area (Å²) in [4.78, 5) is 51.2. The molecule has 3 fully saturated rings. The molecule has 2 bridgehead atoms. The number of nitrogens with one attached hydrogen (secondary N) is 1. The fourth-order valence-corrected chi connectivity index (χ4v) is 5.58. The molecule has 0 aromatic heterocycles. The van der Waals surface area contributed by atoms with Crippen molar-refractivity contribution in [2.75, 3.05) is 18.5 Å². The van der Waals surface area contributed by atoms with Gasteiger partial charge in [0.1, 0.15) is 0 Å². The third-order valence-electron chi connectivity index (χ3n) is 7.00. The summed E-state index contributed by atoms with van der Waals surface area (Å²) in [7, 11) is 0. The van der Waals surface area contributed by atoms with Crippen molar-refractivity contribution in [3.63, 3.8) is 0 Å². The van der Waals surface area contributed by atoms with Crippen LogP contribution in [0.5, 0.6) is 0 Å². The molecule has 4 aliphatic carbocycles. The average Bonchev–Trinajstić information content (AvgIpc) is 3.52. The van der Waals surface area contributed by atoms with Gasteiger partial charge in [-0.3, -0.25) is 19.3 Å². The molecule has 7 heteroatoms. The monoisotopic (exact) mass is 408 g/mol. The molecule has 0 spiro atoms. The van der Waals surface area contributed by atoms with E-state index in [4.69, 9.17) is 4.74 Å². The van der Waals surface area contributed by atoms with Crippen molar-refractivity contribution in [1.82, 2.24) is 4.90 Å². The molecule has 1 aromatic carbocycles. The second-order valence-electron chi connectivity index (χ2n) is 8.58. The highest BCUT2D eigenvalue weighted by Gasteiger charge is 2.66. The van der Waals surface area contributed by atoms with Crippen LogP contribution in [0.4, 0.5) is 5.69 Å².